The van der Waals surface area contributed by atoms with E-state index in [9.17, 15) is 44.1 Å². The largest absolute Gasteiger partial charge is 0.508 e. The highest BCUT2D eigenvalue weighted by Crippen LogP contribution is 2.12. The molecule has 14 nitrogen and oxygen atoms in total. The highest BCUT2D eigenvalue weighted by molar-refractivity contribution is 5.96. The number of amides is 4. The lowest BCUT2D eigenvalue weighted by atomic mass is 10.0. The van der Waals surface area contributed by atoms with Gasteiger partial charge in [0.25, 0.3) is 0 Å². The third kappa shape index (κ3) is 9.76. The normalized spacial score (nSPS) is 17.1. The second kappa shape index (κ2) is 13.8. The molecule has 0 spiro atoms. The number of carbonyl (C=O) groups excluding carboxylic acids is 4. The molecule has 9 N–H and O–H groups in total. The Balaban J connectivity index is 2.14. The first-order chi connectivity index (χ1) is 17.5. The van der Waals surface area contributed by atoms with E-state index in [0.717, 1.165) is 6.42 Å². The third-order valence-electron chi connectivity index (χ3n) is 5.69. The van der Waals surface area contributed by atoms with Crippen molar-refractivity contribution in [3.63, 3.8) is 0 Å². The molecule has 37 heavy (non-hydrogen) atoms. The molecule has 1 aromatic rings. The van der Waals surface area contributed by atoms with Gasteiger partial charge in [0.1, 0.15) is 23.9 Å². The molecule has 1 aromatic carbocycles. The summed E-state index contributed by atoms with van der Waals surface area (Å²) in [7, 11) is 0. The van der Waals surface area contributed by atoms with E-state index in [1.807, 2.05) is 0 Å². The van der Waals surface area contributed by atoms with Crippen LogP contribution >= 0.6 is 0 Å². The molecule has 1 aliphatic heterocycles. The van der Waals surface area contributed by atoms with E-state index in [1.165, 1.54) is 24.3 Å². The maximum atomic E-state index is 12.9. The van der Waals surface area contributed by atoms with Crippen molar-refractivity contribution in [2.75, 3.05) is 6.54 Å². The maximum absolute atomic E-state index is 12.9. The second-order valence-corrected chi connectivity index (χ2v) is 8.64. The molecular formula is C23H31N5O9. The van der Waals surface area contributed by atoms with Crippen LogP contribution in [0.5, 0.6) is 5.75 Å². The van der Waals surface area contributed by atoms with Crippen LogP contribution in [0.4, 0.5) is 0 Å². The number of hydrogen-bond donors (Lipinski definition) is 8. The molecule has 1 heterocycles. The van der Waals surface area contributed by atoms with E-state index in [1.54, 1.807) is 0 Å². The minimum Gasteiger partial charge on any atom is -0.508 e. The van der Waals surface area contributed by atoms with Gasteiger partial charge in [-0.1, -0.05) is 12.1 Å². The summed E-state index contributed by atoms with van der Waals surface area (Å²) in [5, 5.41) is 38.0. The monoisotopic (exact) mass is 521 g/mol. The predicted octanol–water partition coefficient (Wildman–Crippen LogP) is -2.03. The van der Waals surface area contributed by atoms with E-state index in [-0.39, 0.29) is 25.0 Å². The zero-order chi connectivity index (χ0) is 27.5. The van der Waals surface area contributed by atoms with E-state index >= 15 is 0 Å². The number of hydrogen-bond acceptors (Lipinski definition) is 8. The Hall–Kier alpha value is -4.20. The Morgan fingerprint density at radius 3 is 2.11 bits per heavy atom. The SMILES string of the molecule is NC(=O)CCC(NC(=O)C(CC(=O)O)NC(=O)C1CCCN1)C(=O)NC(Cc1ccc(O)cc1)C(=O)O. The Kier molecular flexibility index (Phi) is 10.8. The van der Waals surface area contributed by atoms with Crippen molar-refractivity contribution in [2.24, 2.45) is 5.73 Å². The number of benzene rings is 1. The maximum Gasteiger partial charge on any atom is 0.326 e. The van der Waals surface area contributed by atoms with Crippen molar-refractivity contribution < 1.29 is 44.1 Å². The van der Waals surface area contributed by atoms with Crippen molar-refractivity contribution in [3.8, 4) is 5.75 Å². The molecule has 4 unspecified atom stereocenters. The minimum atomic E-state index is -1.52. The minimum absolute atomic E-state index is 0.0272. The average molecular weight is 522 g/mol. The first-order valence-electron chi connectivity index (χ1n) is 11.6. The fraction of sp³-hybridized carbons (Fsp3) is 0.478. The molecule has 0 aromatic heterocycles. The molecule has 4 atom stereocenters. The number of nitrogens with one attached hydrogen (secondary N) is 4. The van der Waals surface area contributed by atoms with Crippen LogP contribution in [0, 0.1) is 0 Å². The van der Waals surface area contributed by atoms with Crippen LogP contribution in [0.2, 0.25) is 0 Å². The number of phenols is 1. The van der Waals surface area contributed by atoms with E-state index in [2.05, 4.69) is 21.3 Å². The molecule has 0 radical (unpaired) electrons. The number of carboxylic acids is 2. The predicted molar refractivity (Wildman–Crippen MR) is 127 cm³/mol. The van der Waals surface area contributed by atoms with E-state index < -0.39 is 66.2 Å². The van der Waals surface area contributed by atoms with Crippen molar-refractivity contribution in [3.05, 3.63) is 29.8 Å². The summed E-state index contributed by atoms with van der Waals surface area (Å²) in [5.74, 6) is -6.08. The lowest BCUT2D eigenvalue weighted by molar-refractivity contribution is -0.143. The molecule has 0 saturated carbocycles. The molecule has 1 saturated heterocycles. The van der Waals surface area contributed by atoms with Crippen molar-refractivity contribution in [1.82, 2.24) is 21.3 Å². The number of aromatic hydroxyl groups is 1. The number of carbonyl (C=O) groups is 6. The number of nitrogens with two attached hydrogens (primary N) is 1. The van der Waals surface area contributed by atoms with Gasteiger partial charge in [-0.2, -0.15) is 0 Å². The van der Waals surface area contributed by atoms with Crippen LogP contribution in [-0.4, -0.2) is 81.6 Å². The van der Waals surface area contributed by atoms with Crippen LogP contribution in [-0.2, 0) is 35.2 Å². The summed E-state index contributed by atoms with van der Waals surface area (Å²) in [6.45, 7) is 0.595. The van der Waals surface area contributed by atoms with Crippen LogP contribution in [0.1, 0.15) is 37.7 Å². The fourth-order valence-corrected chi connectivity index (χ4v) is 3.73. The Morgan fingerprint density at radius 2 is 1.57 bits per heavy atom. The lowest BCUT2D eigenvalue weighted by Crippen LogP contribution is -2.57. The Morgan fingerprint density at radius 1 is 0.946 bits per heavy atom. The molecule has 0 bridgehead atoms. The van der Waals surface area contributed by atoms with Crippen LogP contribution in [0.3, 0.4) is 0 Å². The smallest absolute Gasteiger partial charge is 0.326 e. The first kappa shape index (κ1) is 29.0. The number of primary amides is 1. The zero-order valence-electron chi connectivity index (χ0n) is 19.9. The van der Waals surface area contributed by atoms with Gasteiger partial charge in [0.05, 0.1) is 12.5 Å². The van der Waals surface area contributed by atoms with E-state index in [0.29, 0.717) is 18.5 Å². The molecule has 1 aliphatic rings. The summed E-state index contributed by atoms with van der Waals surface area (Å²) in [6.07, 6.45) is -0.310. The summed E-state index contributed by atoms with van der Waals surface area (Å²) in [5.41, 5.74) is 5.65. The Bertz CT molecular complexity index is 1010. The third-order valence-corrected chi connectivity index (χ3v) is 5.69. The topological polar surface area (TPSA) is 237 Å². The highest BCUT2D eigenvalue weighted by atomic mass is 16.4. The Labute approximate surface area is 212 Å². The van der Waals surface area contributed by atoms with Crippen LogP contribution < -0.4 is 27.0 Å². The van der Waals surface area contributed by atoms with Gasteiger partial charge in [0, 0.05) is 12.8 Å². The van der Waals surface area contributed by atoms with Gasteiger partial charge in [-0.15, -0.1) is 0 Å². The molecule has 14 heteroatoms. The van der Waals surface area contributed by atoms with Gasteiger partial charge in [-0.3, -0.25) is 24.0 Å². The van der Waals surface area contributed by atoms with Gasteiger partial charge >= 0.3 is 11.9 Å². The summed E-state index contributed by atoms with van der Waals surface area (Å²) < 4.78 is 0. The molecular weight excluding hydrogens is 490 g/mol. The van der Waals surface area contributed by atoms with Crippen LogP contribution in [0.25, 0.3) is 0 Å². The quantitative estimate of drug-likeness (QED) is 0.133. The lowest BCUT2D eigenvalue weighted by Gasteiger charge is -2.24. The van der Waals surface area contributed by atoms with Crippen molar-refractivity contribution >= 4 is 35.6 Å². The molecule has 2 rings (SSSR count). The van der Waals surface area contributed by atoms with Gasteiger partial charge in [0.2, 0.25) is 23.6 Å². The summed E-state index contributed by atoms with van der Waals surface area (Å²) in [6, 6.07) is 0.670. The summed E-state index contributed by atoms with van der Waals surface area (Å²) in [4.78, 5) is 72.6. The standard InChI is InChI=1S/C23H31N5O9/c24-18(30)8-7-15(21(34)28-17(23(36)37)10-12-3-5-13(29)6-4-12)26-22(35)16(11-19(31)32)27-20(33)14-2-1-9-25-14/h3-6,14-17,25,29H,1-2,7-11H2,(H2,24,30)(H,26,35)(H,27,33)(H,28,34)(H,31,32)(H,36,37). The van der Waals surface area contributed by atoms with Crippen molar-refractivity contribution in [2.45, 2.75) is 62.7 Å². The number of aliphatic carboxylic acids is 2. The number of carboxylic acid groups (broad SMARTS) is 2. The van der Waals surface area contributed by atoms with Gasteiger partial charge in [-0.25, -0.2) is 4.79 Å². The molecule has 202 valence electrons. The highest BCUT2D eigenvalue weighted by Gasteiger charge is 2.32. The fourth-order valence-electron chi connectivity index (χ4n) is 3.73. The molecule has 4 amide bonds. The summed E-state index contributed by atoms with van der Waals surface area (Å²) >= 11 is 0. The van der Waals surface area contributed by atoms with Gasteiger partial charge in [-0.05, 0) is 43.5 Å². The second-order valence-electron chi connectivity index (χ2n) is 8.64. The molecule has 1 fully saturated rings. The van der Waals surface area contributed by atoms with Crippen molar-refractivity contribution in [1.29, 1.82) is 0 Å². The zero-order valence-corrected chi connectivity index (χ0v) is 19.9. The van der Waals surface area contributed by atoms with Gasteiger partial charge < -0.3 is 42.3 Å². The number of phenolic OH excluding ortho intramolecular Hbond substituents is 1. The van der Waals surface area contributed by atoms with Gasteiger partial charge in [0.15, 0.2) is 0 Å². The average Bonchev–Trinajstić information content (AvgIpc) is 3.36. The molecule has 0 aliphatic carbocycles. The first-order valence-corrected chi connectivity index (χ1v) is 11.6. The van der Waals surface area contributed by atoms with E-state index in [4.69, 9.17) is 5.73 Å². The number of rotatable bonds is 14. The van der Waals surface area contributed by atoms with Crippen LogP contribution in [0.15, 0.2) is 24.3 Å².